The normalized spacial score (nSPS) is 11.4. The van der Waals surface area contributed by atoms with Crippen LogP contribution in [0.4, 0.5) is 0 Å². The lowest BCUT2D eigenvalue weighted by atomic mass is 9.75. The summed E-state index contributed by atoms with van der Waals surface area (Å²) in [5.74, 6) is 1.64. The maximum atomic E-state index is 8.79. The molecule has 0 amide bonds. The molecule has 0 fully saturated rings. The average molecular weight is 411 g/mol. The van der Waals surface area contributed by atoms with Crippen LogP contribution in [0.3, 0.4) is 0 Å². The fourth-order valence-electron chi connectivity index (χ4n) is 4.10. The summed E-state index contributed by atoms with van der Waals surface area (Å²) in [6.07, 6.45) is 7.81. The molecule has 3 aromatic rings. The summed E-state index contributed by atoms with van der Waals surface area (Å²) >= 11 is 0. The molecule has 4 heteroatoms. The van der Waals surface area contributed by atoms with E-state index in [0.717, 1.165) is 25.7 Å². The van der Waals surface area contributed by atoms with Crippen molar-refractivity contribution in [3.05, 3.63) is 95.6 Å². The number of ether oxygens (including phenoxy) is 2. The zero-order valence-electron chi connectivity index (χ0n) is 17.7. The molecule has 4 nitrogen and oxygen atoms in total. The van der Waals surface area contributed by atoms with Crippen LogP contribution in [0.5, 0.6) is 11.5 Å². The number of rotatable bonds is 10. The summed E-state index contributed by atoms with van der Waals surface area (Å²) in [6.45, 7) is 2.22. The van der Waals surface area contributed by atoms with Crippen molar-refractivity contribution in [1.29, 1.82) is 10.5 Å². The van der Waals surface area contributed by atoms with Crippen LogP contribution in [-0.2, 0) is 6.42 Å². The van der Waals surface area contributed by atoms with Crippen molar-refractivity contribution in [2.45, 2.75) is 38.5 Å². The minimum absolute atomic E-state index is 0.166. The van der Waals surface area contributed by atoms with Gasteiger partial charge in [-0.25, -0.2) is 0 Å². The summed E-state index contributed by atoms with van der Waals surface area (Å²) < 4.78 is 9.94. The first-order valence-corrected chi connectivity index (χ1v) is 10.6. The summed E-state index contributed by atoms with van der Waals surface area (Å²) in [6, 6.07) is 26.1. The van der Waals surface area contributed by atoms with Gasteiger partial charge in [0.05, 0.1) is 0 Å². The molecule has 0 radical (unpaired) electrons. The first-order chi connectivity index (χ1) is 15.2. The molecule has 31 heavy (non-hydrogen) atoms. The van der Waals surface area contributed by atoms with Gasteiger partial charge in [-0.1, -0.05) is 74.4 Å². The van der Waals surface area contributed by atoms with Crippen LogP contribution in [-0.4, -0.2) is 0 Å². The SMILES string of the molecule is CCCCC(Cc1ccccc1)C(c1ccc(OC#N)cc1)c1ccc(OC#N)cc1. The second kappa shape index (κ2) is 11.4. The highest BCUT2D eigenvalue weighted by Crippen LogP contribution is 2.38. The molecular weight excluding hydrogens is 384 g/mol. The van der Waals surface area contributed by atoms with Gasteiger partial charge in [0, 0.05) is 5.92 Å². The molecule has 0 saturated carbocycles. The van der Waals surface area contributed by atoms with Crippen molar-refractivity contribution in [3.63, 3.8) is 0 Å². The van der Waals surface area contributed by atoms with Crippen LogP contribution in [0.2, 0.25) is 0 Å². The van der Waals surface area contributed by atoms with Gasteiger partial charge in [0.1, 0.15) is 11.5 Å². The van der Waals surface area contributed by atoms with E-state index in [1.807, 2.05) is 54.6 Å². The molecule has 0 spiro atoms. The summed E-state index contributed by atoms with van der Waals surface area (Å²) in [5, 5.41) is 17.6. The van der Waals surface area contributed by atoms with Crippen LogP contribution >= 0.6 is 0 Å². The van der Waals surface area contributed by atoms with Gasteiger partial charge in [0.15, 0.2) is 0 Å². The van der Waals surface area contributed by atoms with Crippen molar-refractivity contribution in [1.82, 2.24) is 0 Å². The van der Waals surface area contributed by atoms with Crippen molar-refractivity contribution >= 4 is 0 Å². The fraction of sp³-hybridized carbons (Fsp3) is 0.259. The van der Waals surface area contributed by atoms with Gasteiger partial charge in [-0.3, -0.25) is 0 Å². The van der Waals surface area contributed by atoms with E-state index in [1.54, 1.807) is 12.5 Å². The van der Waals surface area contributed by atoms with E-state index in [2.05, 4.69) is 31.2 Å². The maximum Gasteiger partial charge on any atom is 0.292 e. The van der Waals surface area contributed by atoms with Crippen LogP contribution < -0.4 is 9.47 Å². The van der Waals surface area contributed by atoms with Gasteiger partial charge < -0.3 is 9.47 Å². The van der Waals surface area contributed by atoms with Crippen LogP contribution in [0, 0.1) is 29.0 Å². The van der Waals surface area contributed by atoms with Gasteiger partial charge >= 0.3 is 0 Å². The van der Waals surface area contributed by atoms with Gasteiger partial charge in [-0.2, -0.15) is 0 Å². The number of hydrogen-bond donors (Lipinski definition) is 0. The van der Waals surface area contributed by atoms with Gasteiger partial charge in [-0.15, -0.1) is 10.5 Å². The molecule has 0 aliphatic heterocycles. The average Bonchev–Trinajstić information content (AvgIpc) is 2.81. The smallest absolute Gasteiger partial charge is 0.292 e. The van der Waals surface area contributed by atoms with E-state index in [-0.39, 0.29) is 5.92 Å². The lowest BCUT2D eigenvalue weighted by molar-refractivity contribution is 0.415. The van der Waals surface area contributed by atoms with Crippen LogP contribution in [0.25, 0.3) is 0 Å². The van der Waals surface area contributed by atoms with Crippen molar-refractivity contribution in [3.8, 4) is 24.0 Å². The molecule has 0 heterocycles. The molecule has 0 aliphatic carbocycles. The predicted molar refractivity (Wildman–Crippen MR) is 120 cm³/mol. The van der Waals surface area contributed by atoms with Crippen molar-refractivity contribution in [2.24, 2.45) is 5.92 Å². The molecule has 3 aromatic carbocycles. The molecule has 0 bridgehead atoms. The Hall–Kier alpha value is -3.76. The molecule has 0 N–H and O–H groups in total. The summed E-state index contributed by atoms with van der Waals surface area (Å²) in [7, 11) is 0. The standard InChI is InChI=1S/C27H26N2O2/c1-2-3-9-24(18-21-7-5-4-6-8-21)27(22-10-14-25(15-11-22)30-19-28)23-12-16-26(17-13-23)31-20-29/h4-8,10-17,24,27H,2-3,9,18H2,1H3. The Morgan fingerprint density at radius 1 is 0.742 bits per heavy atom. The first-order valence-electron chi connectivity index (χ1n) is 10.6. The molecule has 156 valence electrons. The van der Waals surface area contributed by atoms with E-state index in [4.69, 9.17) is 20.0 Å². The summed E-state index contributed by atoms with van der Waals surface area (Å²) in [4.78, 5) is 0. The number of benzene rings is 3. The lowest BCUT2D eigenvalue weighted by Gasteiger charge is -2.29. The Kier molecular flexibility index (Phi) is 8.09. The molecule has 0 aliphatic rings. The molecule has 1 unspecified atom stereocenters. The zero-order chi connectivity index (χ0) is 21.9. The second-order valence-corrected chi connectivity index (χ2v) is 7.59. The topological polar surface area (TPSA) is 66.0 Å². The number of hydrogen-bond acceptors (Lipinski definition) is 4. The quantitative estimate of drug-likeness (QED) is 0.354. The fourth-order valence-corrected chi connectivity index (χ4v) is 4.10. The van der Waals surface area contributed by atoms with Crippen LogP contribution in [0.1, 0.15) is 48.8 Å². The number of nitrogens with zero attached hydrogens (tertiary/aromatic N) is 2. The van der Waals surface area contributed by atoms with E-state index in [0.29, 0.717) is 17.4 Å². The van der Waals surface area contributed by atoms with Crippen molar-refractivity contribution < 1.29 is 9.47 Å². The Labute approximate surface area is 184 Å². The molecule has 3 rings (SSSR count). The minimum Gasteiger partial charge on any atom is -0.388 e. The molecule has 0 saturated heterocycles. The third-order valence-electron chi connectivity index (χ3n) is 5.55. The van der Waals surface area contributed by atoms with Crippen molar-refractivity contribution in [2.75, 3.05) is 0 Å². The highest BCUT2D eigenvalue weighted by Gasteiger charge is 2.25. The van der Waals surface area contributed by atoms with E-state index in [9.17, 15) is 0 Å². The Morgan fingerprint density at radius 3 is 1.71 bits per heavy atom. The Morgan fingerprint density at radius 2 is 1.26 bits per heavy atom. The predicted octanol–water partition coefficient (Wildman–Crippen LogP) is 6.59. The zero-order valence-corrected chi connectivity index (χ0v) is 17.7. The highest BCUT2D eigenvalue weighted by molar-refractivity contribution is 5.40. The second-order valence-electron chi connectivity index (χ2n) is 7.59. The molecular formula is C27H26N2O2. The maximum absolute atomic E-state index is 8.79. The van der Waals surface area contributed by atoms with E-state index < -0.39 is 0 Å². The van der Waals surface area contributed by atoms with E-state index in [1.165, 1.54) is 16.7 Å². The first kappa shape index (κ1) is 21.9. The van der Waals surface area contributed by atoms with Crippen LogP contribution in [0.15, 0.2) is 78.9 Å². The monoisotopic (exact) mass is 410 g/mol. The molecule has 1 atom stereocenters. The van der Waals surface area contributed by atoms with Gasteiger partial charge in [-0.05, 0) is 59.7 Å². The highest BCUT2D eigenvalue weighted by atomic mass is 16.5. The summed E-state index contributed by atoms with van der Waals surface area (Å²) in [5.41, 5.74) is 3.68. The lowest BCUT2D eigenvalue weighted by Crippen LogP contribution is -2.17. The Balaban J connectivity index is 2.00. The molecule has 0 aromatic heterocycles. The minimum atomic E-state index is 0.166. The van der Waals surface area contributed by atoms with E-state index >= 15 is 0 Å². The number of nitriles is 2. The third kappa shape index (κ3) is 6.11. The van der Waals surface area contributed by atoms with Gasteiger partial charge in [0.25, 0.3) is 12.5 Å². The third-order valence-corrected chi connectivity index (χ3v) is 5.55. The largest absolute Gasteiger partial charge is 0.388 e. The Bertz CT molecular complexity index is 957. The van der Waals surface area contributed by atoms with Gasteiger partial charge in [0.2, 0.25) is 0 Å². The number of unbranched alkanes of at least 4 members (excludes halogenated alkanes) is 1.